The highest BCUT2D eigenvalue weighted by Gasteiger charge is 2.19. The SMILES string of the molecule is CCCC(CCC(CCCN(CC(=O)O)NNNCC(=O)O)CC(=O)O)CC(=O)O. The quantitative estimate of drug-likeness (QED) is 0.104. The molecule has 12 heteroatoms. The van der Waals surface area contributed by atoms with E-state index in [-0.39, 0.29) is 44.3 Å². The van der Waals surface area contributed by atoms with Gasteiger partial charge in [0.05, 0.1) is 0 Å². The molecule has 0 amide bonds. The van der Waals surface area contributed by atoms with Crippen molar-refractivity contribution in [3.05, 3.63) is 0 Å². The van der Waals surface area contributed by atoms with Crippen LogP contribution < -0.4 is 16.5 Å². The van der Waals surface area contributed by atoms with Crippen LogP contribution in [0.5, 0.6) is 0 Å². The number of nitrogens with zero attached hydrogens (tertiary/aromatic N) is 1. The van der Waals surface area contributed by atoms with E-state index < -0.39 is 23.9 Å². The van der Waals surface area contributed by atoms with Crippen LogP contribution in [0.2, 0.25) is 0 Å². The molecule has 30 heavy (non-hydrogen) atoms. The molecule has 7 N–H and O–H groups in total. The summed E-state index contributed by atoms with van der Waals surface area (Å²) in [5.41, 5.74) is 7.31. The van der Waals surface area contributed by atoms with Crippen LogP contribution in [0.4, 0.5) is 0 Å². The summed E-state index contributed by atoms with van der Waals surface area (Å²) in [5.74, 6) is -4.08. The van der Waals surface area contributed by atoms with E-state index in [1.54, 1.807) is 0 Å². The van der Waals surface area contributed by atoms with E-state index in [9.17, 15) is 19.2 Å². The van der Waals surface area contributed by atoms with Crippen LogP contribution in [0.3, 0.4) is 0 Å². The molecule has 0 saturated heterocycles. The van der Waals surface area contributed by atoms with Crippen molar-refractivity contribution in [2.45, 2.75) is 58.3 Å². The molecule has 0 radical (unpaired) electrons. The second-order valence-electron chi connectivity index (χ2n) is 7.24. The normalized spacial score (nSPS) is 13.1. The average molecular weight is 434 g/mol. The summed E-state index contributed by atoms with van der Waals surface area (Å²) in [5, 5.41) is 37.0. The summed E-state index contributed by atoms with van der Waals surface area (Å²) in [6, 6.07) is 0. The molecule has 2 atom stereocenters. The summed E-state index contributed by atoms with van der Waals surface area (Å²) < 4.78 is 0. The number of carbonyl (C=O) groups is 4. The molecule has 0 aliphatic rings. The Kier molecular flexibility index (Phi) is 15.3. The van der Waals surface area contributed by atoms with E-state index in [1.165, 1.54) is 5.01 Å². The Balaban J connectivity index is 4.59. The Bertz CT molecular complexity index is 546. The lowest BCUT2D eigenvalue weighted by Crippen LogP contribution is -2.55. The lowest BCUT2D eigenvalue weighted by atomic mass is 9.87. The third-order valence-electron chi connectivity index (χ3n) is 4.52. The summed E-state index contributed by atoms with van der Waals surface area (Å²) in [4.78, 5) is 43.6. The third-order valence-corrected chi connectivity index (χ3v) is 4.52. The Morgan fingerprint density at radius 1 is 0.800 bits per heavy atom. The largest absolute Gasteiger partial charge is 0.481 e. The van der Waals surface area contributed by atoms with Gasteiger partial charge in [0.25, 0.3) is 0 Å². The van der Waals surface area contributed by atoms with Crippen LogP contribution >= 0.6 is 0 Å². The van der Waals surface area contributed by atoms with E-state index >= 15 is 0 Å². The molecule has 0 spiro atoms. The van der Waals surface area contributed by atoms with Gasteiger partial charge in [-0.2, -0.15) is 11.1 Å². The zero-order chi connectivity index (χ0) is 22.9. The molecule has 12 nitrogen and oxygen atoms in total. The highest BCUT2D eigenvalue weighted by atomic mass is 16.4. The van der Waals surface area contributed by atoms with Crippen LogP contribution in [0.15, 0.2) is 0 Å². The lowest BCUT2D eigenvalue weighted by molar-refractivity contribution is -0.140. The van der Waals surface area contributed by atoms with Gasteiger partial charge in [0, 0.05) is 19.4 Å². The van der Waals surface area contributed by atoms with Gasteiger partial charge in [0.2, 0.25) is 0 Å². The Morgan fingerprint density at radius 2 is 1.37 bits per heavy atom. The number of carboxylic acids is 4. The molecular weight excluding hydrogens is 400 g/mol. The predicted octanol–water partition coefficient (Wildman–Crippen LogP) is 0.514. The van der Waals surface area contributed by atoms with Crippen LogP contribution in [0, 0.1) is 11.8 Å². The van der Waals surface area contributed by atoms with Gasteiger partial charge < -0.3 is 20.4 Å². The maximum absolute atomic E-state index is 11.2. The molecule has 0 bridgehead atoms. The van der Waals surface area contributed by atoms with Crippen molar-refractivity contribution in [1.29, 1.82) is 0 Å². The van der Waals surface area contributed by atoms with Crippen LogP contribution in [0.25, 0.3) is 0 Å². The standard InChI is InChI=1S/C18H34N4O8/c1-2-4-13(9-15(23)24)6-7-14(10-16(25)26)5-3-8-22(12-18(29)30)21-20-19-11-17(27)28/h13-14,19-21H,2-12H2,1H3,(H,23,24)(H,25,26)(H,27,28)(H,29,30). The second-order valence-corrected chi connectivity index (χ2v) is 7.24. The Labute approximate surface area is 175 Å². The summed E-state index contributed by atoms with van der Waals surface area (Å²) in [6.45, 7) is 1.55. The smallest absolute Gasteiger partial charge is 0.319 e. The van der Waals surface area contributed by atoms with E-state index in [4.69, 9.17) is 20.4 Å². The van der Waals surface area contributed by atoms with Gasteiger partial charge in [0.15, 0.2) is 0 Å². The van der Waals surface area contributed by atoms with Crippen molar-refractivity contribution >= 4 is 23.9 Å². The van der Waals surface area contributed by atoms with Crippen molar-refractivity contribution in [2.24, 2.45) is 11.8 Å². The molecular formula is C18H34N4O8. The van der Waals surface area contributed by atoms with Gasteiger partial charge >= 0.3 is 23.9 Å². The van der Waals surface area contributed by atoms with Crippen molar-refractivity contribution in [1.82, 2.24) is 21.5 Å². The van der Waals surface area contributed by atoms with Crippen LogP contribution in [-0.2, 0) is 19.2 Å². The molecule has 0 aliphatic heterocycles. The molecule has 174 valence electrons. The van der Waals surface area contributed by atoms with E-state index in [0.717, 1.165) is 12.8 Å². The maximum atomic E-state index is 11.2. The number of aliphatic carboxylic acids is 4. The van der Waals surface area contributed by atoms with Gasteiger partial charge in [-0.3, -0.25) is 19.2 Å². The van der Waals surface area contributed by atoms with E-state index in [2.05, 4.69) is 16.5 Å². The first-order valence-electron chi connectivity index (χ1n) is 9.99. The molecule has 0 aromatic rings. The average Bonchev–Trinajstić information content (AvgIpc) is 2.61. The number of hydrogen-bond acceptors (Lipinski definition) is 8. The van der Waals surface area contributed by atoms with Gasteiger partial charge in [0.1, 0.15) is 13.1 Å². The van der Waals surface area contributed by atoms with Crippen molar-refractivity contribution in [3.8, 4) is 0 Å². The zero-order valence-electron chi connectivity index (χ0n) is 17.3. The Morgan fingerprint density at radius 3 is 1.83 bits per heavy atom. The molecule has 0 heterocycles. The molecule has 0 saturated carbocycles. The van der Waals surface area contributed by atoms with Gasteiger partial charge in [-0.05, 0) is 37.5 Å². The minimum atomic E-state index is -1.09. The molecule has 0 aliphatic carbocycles. The monoisotopic (exact) mass is 434 g/mol. The Hall–Kier alpha value is -2.28. The maximum Gasteiger partial charge on any atom is 0.319 e. The number of carboxylic acid groups (broad SMARTS) is 4. The third kappa shape index (κ3) is 16.7. The fraction of sp³-hybridized carbons (Fsp3) is 0.778. The molecule has 0 aromatic carbocycles. The molecule has 0 fully saturated rings. The van der Waals surface area contributed by atoms with Crippen molar-refractivity contribution in [2.75, 3.05) is 19.6 Å². The number of hydrazine groups is 3. The number of hydrogen-bond donors (Lipinski definition) is 7. The van der Waals surface area contributed by atoms with E-state index in [1.807, 2.05) is 6.92 Å². The summed E-state index contributed by atoms with van der Waals surface area (Å²) >= 11 is 0. The second kappa shape index (κ2) is 16.5. The first-order valence-corrected chi connectivity index (χ1v) is 9.99. The minimum Gasteiger partial charge on any atom is -0.481 e. The van der Waals surface area contributed by atoms with Crippen molar-refractivity contribution < 1.29 is 39.6 Å². The number of nitrogens with one attached hydrogen (secondary N) is 3. The highest BCUT2D eigenvalue weighted by Crippen LogP contribution is 2.25. The summed E-state index contributed by atoms with van der Waals surface area (Å²) in [7, 11) is 0. The molecule has 0 aromatic heterocycles. The van der Waals surface area contributed by atoms with Gasteiger partial charge in [-0.15, -0.1) is 0 Å². The molecule has 0 rings (SSSR count). The number of rotatable bonds is 20. The van der Waals surface area contributed by atoms with Gasteiger partial charge in [-0.25, -0.2) is 10.4 Å². The van der Waals surface area contributed by atoms with Crippen molar-refractivity contribution in [3.63, 3.8) is 0 Å². The van der Waals surface area contributed by atoms with Crippen LogP contribution in [0.1, 0.15) is 58.3 Å². The summed E-state index contributed by atoms with van der Waals surface area (Å²) in [6.07, 6.45) is 3.95. The first-order chi connectivity index (χ1) is 14.1. The first kappa shape index (κ1) is 27.7. The fourth-order valence-corrected chi connectivity index (χ4v) is 3.22. The minimum absolute atomic E-state index is 0.0125. The molecule has 2 unspecified atom stereocenters. The van der Waals surface area contributed by atoms with Gasteiger partial charge in [-0.1, -0.05) is 19.8 Å². The predicted molar refractivity (Wildman–Crippen MR) is 106 cm³/mol. The highest BCUT2D eigenvalue weighted by molar-refractivity contribution is 5.69. The fourth-order valence-electron chi connectivity index (χ4n) is 3.22. The van der Waals surface area contributed by atoms with E-state index in [0.29, 0.717) is 25.7 Å². The topological polar surface area (TPSA) is 189 Å². The lowest BCUT2D eigenvalue weighted by Gasteiger charge is -2.23. The zero-order valence-corrected chi connectivity index (χ0v) is 17.3. The van der Waals surface area contributed by atoms with Crippen LogP contribution in [-0.4, -0.2) is 68.9 Å².